The van der Waals surface area contributed by atoms with Crippen molar-refractivity contribution in [1.82, 2.24) is 9.80 Å². The van der Waals surface area contributed by atoms with E-state index in [1.807, 2.05) is 62.6 Å². The lowest BCUT2D eigenvalue weighted by atomic mass is 9.88. The minimum Gasteiger partial charge on any atom is -0.444 e. The number of fused-ring (bicyclic) bond motifs is 1. The van der Waals surface area contributed by atoms with E-state index in [9.17, 15) is 10.1 Å². The third-order valence-corrected chi connectivity index (χ3v) is 4.81. The summed E-state index contributed by atoms with van der Waals surface area (Å²) in [6.45, 7) is 13.1. The number of ether oxygens (including phenoxy) is 3. The topological polar surface area (TPSA) is 75.0 Å². The Kier molecular flexibility index (Phi) is 5.57. The van der Waals surface area contributed by atoms with Crippen molar-refractivity contribution in [3.8, 4) is 6.07 Å². The van der Waals surface area contributed by atoms with Crippen LogP contribution in [0.1, 0.15) is 54.9 Å². The van der Waals surface area contributed by atoms with Gasteiger partial charge in [-0.2, -0.15) is 5.26 Å². The number of rotatable bonds is 3. The number of likely N-dealkylation sites (tertiary alicyclic amines) is 1. The molecule has 2 rings (SSSR count). The lowest BCUT2D eigenvalue weighted by Crippen LogP contribution is -2.51. The van der Waals surface area contributed by atoms with Crippen molar-refractivity contribution in [2.24, 2.45) is 0 Å². The van der Waals surface area contributed by atoms with Crippen LogP contribution in [-0.4, -0.2) is 65.2 Å². The molecule has 2 fully saturated rings. The normalized spacial score (nSPS) is 32.8. The Balaban J connectivity index is 2.59. The number of amides is 1. The summed E-state index contributed by atoms with van der Waals surface area (Å²) in [5.41, 5.74) is -1.05. The monoisotopic (exact) mass is 379 g/mol. The highest BCUT2D eigenvalue weighted by molar-refractivity contribution is 5.71. The van der Waals surface area contributed by atoms with Crippen molar-refractivity contribution in [3.05, 3.63) is 11.8 Å². The molecule has 0 bridgehead atoms. The quantitative estimate of drug-likeness (QED) is 0.701. The number of hydrogen-bond donors (Lipinski definition) is 0. The Morgan fingerprint density at radius 1 is 1.33 bits per heavy atom. The molecular weight excluding hydrogens is 346 g/mol. The average molecular weight is 380 g/mol. The molecule has 4 atom stereocenters. The van der Waals surface area contributed by atoms with Crippen LogP contribution in [0.3, 0.4) is 0 Å². The Labute approximate surface area is 162 Å². The Morgan fingerprint density at radius 2 is 1.93 bits per heavy atom. The van der Waals surface area contributed by atoms with Crippen LogP contribution in [0.5, 0.6) is 0 Å². The summed E-state index contributed by atoms with van der Waals surface area (Å²) in [7, 11) is 3.69. The minimum atomic E-state index is -0.849. The maximum atomic E-state index is 13.1. The molecule has 0 radical (unpaired) electrons. The second-order valence-electron chi connectivity index (χ2n) is 9.15. The standard InChI is InChI=1S/C20H33N3O4/c1-10-14-16-20(7,27-19(5,6)25-16)15(13(11-21)12-22(8)9)23(14)17(24)26-18(2,3)4/h12,14-16H,10H2,1-9H3/b13-12+/t14-,15+,16-,20+/m1/s1. The van der Waals surface area contributed by atoms with Gasteiger partial charge in [-0.25, -0.2) is 4.79 Å². The summed E-state index contributed by atoms with van der Waals surface area (Å²) in [5.74, 6) is -0.788. The van der Waals surface area contributed by atoms with Crippen LogP contribution in [-0.2, 0) is 14.2 Å². The molecule has 0 N–H and O–H groups in total. The summed E-state index contributed by atoms with van der Waals surface area (Å²) < 4.78 is 18.2. The van der Waals surface area contributed by atoms with Crippen molar-refractivity contribution in [2.75, 3.05) is 14.1 Å². The second kappa shape index (κ2) is 6.99. The van der Waals surface area contributed by atoms with Crippen LogP contribution in [0.15, 0.2) is 11.8 Å². The molecule has 0 spiro atoms. The molecule has 27 heavy (non-hydrogen) atoms. The zero-order chi connectivity index (χ0) is 20.8. The van der Waals surface area contributed by atoms with E-state index in [4.69, 9.17) is 14.2 Å². The van der Waals surface area contributed by atoms with E-state index in [1.54, 1.807) is 16.0 Å². The van der Waals surface area contributed by atoms with Gasteiger partial charge >= 0.3 is 6.09 Å². The van der Waals surface area contributed by atoms with E-state index in [-0.39, 0.29) is 12.1 Å². The molecule has 1 amide bonds. The first kappa shape index (κ1) is 21.5. The van der Waals surface area contributed by atoms with Gasteiger partial charge in [-0.3, -0.25) is 4.90 Å². The molecule has 0 aliphatic carbocycles. The van der Waals surface area contributed by atoms with E-state index in [0.29, 0.717) is 12.0 Å². The van der Waals surface area contributed by atoms with Gasteiger partial charge in [-0.1, -0.05) is 6.92 Å². The van der Waals surface area contributed by atoms with Gasteiger partial charge in [0.05, 0.1) is 17.7 Å². The summed E-state index contributed by atoms with van der Waals surface area (Å²) in [6.07, 6.45) is 1.58. The molecular formula is C20H33N3O4. The molecule has 2 saturated heterocycles. The molecule has 0 unspecified atom stereocenters. The van der Waals surface area contributed by atoms with Gasteiger partial charge in [-0.05, 0) is 48.0 Å². The minimum absolute atomic E-state index is 0.254. The molecule has 7 nitrogen and oxygen atoms in total. The first-order valence-electron chi connectivity index (χ1n) is 9.43. The molecule has 0 aromatic rings. The fourth-order valence-electron chi connectivity index (χ4n) is 4.18. The lowest BCUT2D eigenvalue weighted by Gasteiger charge is -2.37. The molecule has 0 saturated carbocycles. The SMILES string of the molecule is CC[C@@H]1[C@H]2OC(C)(C)O[C@@]2(C)[C@H](/C(C#N)=C/N(C)C)N1C(=O)OC(C)(C)C. The Hall–Kier alpha value is -1.78. The van der Waals surface area contributed by atoms with Crippen LogP contribution < -0.4 is 0 Å². The van der Waals surface area contributed by atoms with Crippen molar-refractivity contribution in [3.63, 3.8) is 0 Å². The van der Waals surface area contributed by atoms with E-state index < -0.39 is 29.1 Å². The molecule has 0 aromatic heterocycles. The largest absolute Gasteiger partial charge is 0.444 e. The summed E-state index contributed by atoms with van der Waals surface area (Å²) in [6, 6.07) is 1.41. The Bertz CT molecular complexity index is 659. The number of carbonyl (C=O) groups is 1. The molecule has 0 aromatic carbocycles. The van der Waals surface area contributed by atoms with E-state index in [1.165, 1.54) is 0 Å². The smallest absolute Gasteiger partial charge is 0.411 e. The van der Waals surface area contributed by atoms with Gasteiger partial charge in [0.1, 0.15) is 23.3 Å². The van der Waals surface area contributed by atoms with E-state index in [2.05, 4.69) is 6.07 Å². The molecule has 152 valence electrons. The molecule has 7 heteroatoms. The second-order valence-corrected chi connectivity index (χ2v) is 9.15. The van der Waals surface area contributed by atoms with Crippen molar-refractivity contribution >= 4 is 6.09 Å². The highest BCUT2D eigenvalue weighted by atomic mass is 16.8. The first-order valence-corrected chi connectivity index (χ1v) is 9.43. The van der Waals surface area contributed by atoms with Crippen LogP contribution in [0.2, 0.25) is 0 Å². The van der Waals surface area contributed by atoms with Crippen molar-refractivity contribution in [1.29, 1.82) is 5.26 Å². The van der Waals surface area contributed by atoms with Crippen molar-refractivity contribution in [2.45, 2.75) is 90.1 Å². The zero-order valence-electron chi connectivity index (χ0n) is 18.0. The fraction of sp³-hybridized carbons (Fsp3) is 0.800. The number of carbonyl (C=O) groups excluding carboxylic acids is 1. The predicted octanol–water partition coefficient (Wildman–Crippen LogP) is 3.26. The van der Waals surface area contributed by atoms with Crippen molar-refractivity contribution < 1.29 is 19.0 Å². The summed E-state index contributed by atoms with van der Waals surface area (Å²) >= 11 is 0. The third-order valence-electron chi connectivity index (χ3n) is 4.81. The first-order chi connectivity index (χ1) is 12.3. The van der Waals surface area contributed by atoms with Crippen LogP contribution in [0.25, 0.3) is 0 Å². The predicted molar refractivity (Wildman–Crippen MR) is 102 cm³/mol. The average Bonchev–Trinajstić information content (AvgIpc) is 2.85. The fourth-order valence-corrected chi connectivity index (χ4v) is 4.18. The summed E-state index contributed by atoms with van der Waals surface area (Å²) in [5, 5.41) is 9.87. The number of hydrogen-bond acceptors (Lipinski definition) is 6. The molecule has 2 aliphatic rings. The third kappa shape index (κ3) is 4.07. The molecule has 2 heterocycles. The van der Waals surface area contributed by atoms with Gasteiger partial charge in [0.15, 0.2) is 5.79 Å². The van der Waals surface area contributed by atoms with E-state index in [0.717, 1.165) is 0 Å². The highest BCUT2D eigenvalue weighted by Crippen LogP contribution is 2.51. The maximum Gasteiger partial charge on any atom is 0.411 e. The maximum absolute atomic E-state index is 13.1. The highest BCUT2D eigenvalue weighted by Gasteiger charge is 2.67. The van der Waals surface area contributed by atoms with Gasteiger partial charge in [0.2, 0.25) is 0 Å². The molecule has 2 aliphatic heterocycles. The number of nitrogens with zero attached hydrogens (tertiary/aromatic N) is 3. The zero-order valence-corrected chi connectivity index (χ0v) is 18.0. The van der Waals surface area contributed by atoms with Gasteiger partial charge in [0, 0.05) is 20.3 Å². The Morgan fingerprint density at radius 3 is 2.37 bits per heavy atom. The lowest BCUT2D eigenvalue weighted by molar-refractivity contribution is -0.179. The van der Waals surface area contributed by atoms with Crippen LogP contribution in [0, 0.1) is 11.3 Å². The number of nitriles is 1. The van der Waals surface area contributed by atoms with E-state index >= 15 is 0 Å². The summed E-state index contributed by atoms with van der Waals surface area (Å²) in [4.78, 5) is 16.6. The van der Waals surface area contributed by atoms with Gasteiger partial charge < -0.3 is 19.1 Å². The van der Waals surface area contributed by atoms with Crippen LogP contribution >= 0.6 is 0 Å². The van der Waals surface area contributed by atoms with Gasteiger partial charge in [0.25, 0.3) is 0 Å². The van der Waals surface area contributed by atoms with Gasteiger partial charge in [-0.15, -0.1) is 0 Å². The van der Waals surface area contributed by atoms with Crippen LogP contribution in [0.4, 0.5) is 4.79 Å².